The third-order valence-corrected chi connectivity index (χ3v) is 11.8. The van der Waals surface area contributed by atoms with Gasteiger partial charge in [0.05, 0.1) is 6.20 Å². The maximum absolute atomic E-state index is 14.1. The Hall–Kier alpha value is -5.29. The molecule has 1 spiro atoms. The number of hydrogen-bond donors (Lipinski definition) is 3. The van der Waals surface area contributed by atoms with Crippen molar-refractivity contribution in [3.8, 4) is 28.5 Å². The highest BCUT2D eigenvalue weighted by atomic mass is 32.2. The van der Waals surface area contributed by atoms with Crippen LogP contribution in [-0.2, 0) is 23.1 Å². The number of ether oxygens (including phenoxy) is 1. The van der Waals surface area contributed by atoms with E-state index in [1.807, 2.05) is 32.9 Å². The molecule has 256 valence electrons. The fraction of sp³-hybridized carbons (Fsp3) is 0.300. The molecule has 10 nitrogen and oxygen atoms in total. The predicted molar refractivity (Wildman–Crippen MR) is 194 cm³/mol. The van der Waals surface area contributed by atoms with Crippen LogP contribution in [0.25, 0.3) is 28.3 Å². The van der Waals surface area contributed by atoms with Crippen LogP contribution in [0.15, 0.2) is 75.7 Å². The summed E-state index contributed by atoms with van der Waals surface area (Å²) in [5.41, 5.74) is 8.66. The molecule has 0 saturated carbocycles. The van der Waals surface area contributed by atoms with Crippen LogP contribution >= 0.6 is 11.8 Å². The van der Waals surface area contributed by atoms with Crippen LogP contribution in [0, 0.1) is 5.92 Å². The number of thioether (sulfide) groups is 1. The van der Waals surface area contributed by atoms with Crippen molar-refractivity contribution in [1.82, 2.24) is 20.6 Å². The second kappa shape index (κ2) is 11.1. The van der Waals surface area contributed by atoms with Crippen LogP contribution in [0.5, 0.6) is 5.75 Å². The largest absolute Gasteiger partial charge is 0.469 e. The van der Waals surface area contributed by atoms with Crippen LogP contribution in [0.4, 0.5) is 10.5 Å². The highest BCUT2D eigenvalue weighted by molar-refractivity contribution is 8.13. The van der Waals surface area contributed by atoms with E-state index in [-0.39, 0.29) is 23.5 Å². The number of oxazole rings is 2. The van der Waals surface area contributed by atoms with E-state index >= 15 is 0 Å². The summed E-state index contributed by atoms with van der Waals surface area (Å²) < 4.78 is 20.5. The highest BCUT2D eigenvalue weighted by Gasteiger charge is 2.61. The molecule has 0 radical (unpaired) electrons. The van der Waals surface area contributed by atoms with Gasteiger partial charge in [-0.25, -0.2) is 9.97 Å². The van der Waals surface area contributed by atoms with Crippen LogP contribution < -0.4 is 20.7 Å². The van der Waals surface area contributed by atoms with E-state index < -0.39 is 23.7 Å². The average Bonchev–Trinajstić information content (AvgIpc) is 3.95. The molecule has 6 heterocycles. The number of carbonyl (C=O) groups is 2. The Morgan fingerprint density at radius 3 is 2.80 bits per heavy atom. The van der Waals surface area contributed by atoms with Gasteiger partial charge in [-0.1, -0.05) is 87.1 Å². The number of anilines is 1. The summed E-state index contributed by atoms with van der Waals surface area (Å²) in [6.45, 7) is 6.04. The summed E-state index contributed by atoms with van der Waals surface area (Å²) in [6.07, 6.45) is 5.30. The Labute approximate surface area is 298 Å². The van der Waals surface area contributed by atoms with Crippen molar-refractivity contribution in [3.05, 3.63) is 112 Å². The number of fused-ring (bicyclic) bond motifs is 7. The molecule has 4 atom stereocenters. The fourth-order valence-corrected chi connectivity index (χ4v) is 9.10. The van der Waals surface area contributed by atoms with Gasteiger partial charge in [0, 0.05) is 40.1 Å². The van der Waals surface area contributed by atoms with Crippen molar-refractivity contribution in [2.24, 2.45) is 5.92 Å². The molecule has 5 aliphatic rings. The molecule has 10 rings (SSSR count). The lowest BCUT2D eigenvalue weighted by Crippen LogP contribution is -2.48. The summed E-state index contributed by atoms with van der Waals surface area (Å²) in [6, 6.07) is 17.4. The molecule has 51 heavy (non-hydrogen) atoms. The van der Waals surface area contributed by atoms with Crippen molar-refractivity contribution in [3.63, 3.8) is 0 Å². The van der Waals surface area contributed by atoms with Gasteiger partial charge in [0.2, 0.25) is 17.7 Å². The molecule has 11 heteroatoms. The molecule has 2 unspecified atom stereocenters. The Balaban J connectivity index is 1.27. The normalized spacial score (nSPS) is 22.9. The molecule has 3 aromatic carbocycles. The second-order valence-corrected chi connectivity index (χ2v) is 15.3. The third-order valence-electron chi connectivity index (χ3n) is 10.8. The van der Waals surface area contributed by atoms with Gasteiger partial charge < -0.3 is 29.5 Å². The zero-order valence-electron chi connectivity index (χ0n) is 28.3. The number of carbonyl (C=O) groups excluding carboxylic acids is 2. The van der Waals surface area contributed by atoms with E-state index in [1.165, 1.54) is 17.3 Å². The lowest BCUT2D eigenvalue weighted by Gasteiger charge is -2.28. The first kappa shape index (κ1) is 30.5. The molecule has 2 aromatic heterocycles. The minimum absolute atomic E-state index is 0.108. The number of benzene rings is 3. The standard InChI is InChI=1S/C40H35N5O5S/c1-4-15-51-39(47)42-27-17-20-11-14-28-26(16-20)40-25-10-6-9-23(32(25)45-38(40)49-28)22-8-5-7-21-12-13-24(30(21)22)29-18-41-36(48-29)33-34(40)50-37(44-33)31(19(2)3)43-35(27)46/h5-11,13-14,16,18-19,27,31,38,45H,4,12,15,17H2,1-3H3,(H,42,47)(H,43,46)/t27?,31-,38-,40?/m0/s1. The zero-order chi connectivity index (χ0) is 34.6. The minimum Gasteiger partial charge on any atom is -0.469 e. The van der Waals surface area contributed by atoms with E-state index in [1.54, 1.807) is 6.20 Å². The van der Waals surface area contributed by atoms with E-state index in [9.17, 15) is 9.59 Å². The Morgan fingerprint density at radius 2 is 1.94 bits per heavy atom. The number of allylic oxidation sites excluding steroid dienone is 1. The molecule has 10 bridgehead atoms. The van der Waals surface area contributed by atoms with Crippen LogP contribution in [0.3, 0.4) is 0 Å². The SMILES string of the molecule is CCCSC(=O)NC1Cc2ccc3c(c2)C24c5cccc(c5N[C@H]2O3)-c2cccc3c2C(=CC3)c2cnc(o2)-c2nc(oc24)[C@H](C(C)C)NC1=O. The first-order valence-electron chi connectivity index (χ1n) is 17.6. The number of nitrogens with one attached hydrogen (secondary N) is 3. The molecular weight excluding hydrogens is 663 g/mol. The van der Waals surface area contributed by atoms with Crippen molar-refractivity contribution in [2.75, 3.05) is 11.1 Å². The third kappa shape index (κ3) is 4.30. The van der Waals surface area contributed by atoms with E-state index in [0.29, 0.717) is 40.5 Å². The summed E-state index contributed by atoms with van der Waals surface area (Å²) >= 11 is 1.18. The number of nitrogens with zero attached hydrogens (tertiary/aromatic N) is 2. The maximum Gasteiger partial charge on any atom is 0.279 e. The highest BCUT2D eigenvalue weighted by Crippen LogP contribution is 2.61. The molecule has 3 N–H and O–H groups in total. The van der Waals surface area contributed by atoms with Gasteiger partial charge in [-0.2, -0.15) is 0 Å². The van der Waals surface area contributed by atoms with Gasteiger partial charge in [-0.3, -0.25) is 9.59 Å². The summed E-state index contributed by atoms with van der Waals surface area (Å²) in [5.74, 6) is 2.78. The fourth-order valence-electron chi connectivity index (χ4n) is 8.48. The molecule has 1 aliphatic carbocycles. The van der Waals surface area contributed by atoms with Crippen LogP contribution in [0.2, 0.25) is 0 Å². The maximum atomic E-state index is 14.1. The Bertz CT molecular complexity index is 2340. The zero-order valence-corrected chi connectivity index (χ0v) is 29.1. The van der Waals surface area contributed by atoms with Gasteiger partial charge in [0.1, 0.15) is 23.2 Å². The van der Waals surface area contributed by atoms with Gasteiger partial charge >= 0.3 is 0 Å². The number of amides is 2. The molecule has 4 aliphatic heterocycles. The lowest BCUT2D eigenvalue weighted by atomic mass is 9.72. The first-order valence-corrected chi connectivity index (χ1v) is 18.6. The first-order chi connectivity index (χ1) is 24.8. The molecule has 5 aromatic rings. The Kier molecular flexibility index (Phi) is 6.65. The van der Waals surface area contributed by atoms with Gasteiger partial charge in [0.15, 0.2) is 23.4 Å². The van der Waals surface area contributed by atoms with Crippen molar-refractivity contribution in [1.29, 1.82) is 0 Å². The molecule has 2 amide bonds. The number of aromatic nitrogens is 2. The van der Waals surface area contributed by atoms with E-state index in [4.69, 9.17) is 23.5 Å². The Morgan fingerprint density at radius 1 is 1.08 bits per heavy atom. The van der Waals surface area contributed by atoms with Crippen molar-refractivity contribution in [2.45, 2.75) is 63.8 Å². The predicted octanol–water partition coefficient (Wildman–Crippen LogP) is 7.37. The van der Waals surface area contributed by atoms with Gasteiger partial charge in [0.25, 0.3) is 5.24 Å². The smallest absolute Gasteiger partial charge is 0.279 e. The van der Waals surface area contributed by atoms with Crippen molar-refractivity contribution < 1.29 is 23.2 Å². The number of para-hydroxylation sites is 1. The summed E-state index contributed by atoms with van der Waals surface area (Å²) in [7, 11) is 0. The quantitative estimate of drug-likeness (QED) is 0.176. The molecular formula is C40H35N5O5S. The number of hydrogen-bond acceptors (Lipinski definition) is 9. The van der Waals surface area contributed by atoms with Crippen LogP contribution in [-0.4, -0.2) is 39.1 Å². The van der Waals surface area contributed by atoms with E-state index in [0.717, 1.165) is 57.5 Å². The molecule has 0 saturated heterocycles. The summed E-state index contributed by atoms with van der Waals surface area (Å²) in [4.78, 5) is 37.1. The van der Waals surface area contributed by atoms with Gasteiger partial charge in [-0.15, -0.1) is 0 Å². The summed E-state index contributed by atoms with van der Waals surface area (Å²) in [5, 5.41) is 9.77. The topological polar surface area (TPSA) is 132 Å². The molecule has 0 fully saturated rings. The second-order valence-electron chi connectivity index (χ2n) is 14.2. The monoisotopic (exact) mass is 697 g/mol. The van der Waals surface area contributed by atoms with Gasteiger partial charge in [-0.05, 0) is 47.1 Å². The number of rotatable bonds is 4. The minimum atomic E-state index is -0.998. The van der Waals surface area contributed by atoms with Crippen LogP contribution in [0.1, 0.15) is 78.5 Å². The van der Waals surface area contributed by atoms with E-state index in [2.05, 4.69) is 64.5 Å². The lowest BCUT2D eigenvalue weighted by molar-refractivity contribution is -0.124. The van der Waals surface area contributed by atoms with Crippen molar-refractivity contribution >= 4 is 34.2 Å². The average molecular weight is 698 g/mol.